The molecule has 0 aliphatic heterocycles. The molecule has 0 amide bonds. The van der Waals surface area contributed by atoms with Crippen LogP contribution in [-0.2, 0) is 12.0 Å². The second-order valence-electron chi connectivity index (χ2n) is 5.57. The molecule has 1 aromatic carbocycles. The lowest BCUT2D eigenvalue weighted by molar-refractivity contribution is 0.591. The van der Waals surface area contributed by atoms with Crippen molar-refractivity contribution < 1.29 is 0 Å². The van der Waals surface area contributed by atoms with Gasteiger partial charge in [0.15, 0.2) is 0 Å². The molecular formula is C15H25N3. The summed E-state index contributed by atoms with van der Waals surface area (Å²) in [6, 6.07) is 6.41. The van der Waals surface area contributed by atoms with Crippen LogP contribution in [0, 0.1) is 0 Å². The van der Waals surface area contributed by atoms with E-state index in [0.717, 1.165) is 17.6 Å². The lowest BCUT2D eigenvalue weighted by Gasteiger charge is -2.18. The summed E-state index contributed by atoms with van der Waals surface area (Å²) >= 11 is 0. The molecule has 18 heavy (non-hydrogen) atoms. The van der Waals surface area contributed by atoms with Crippen molar-refractivity contribution in [1.29, 1.82) is 0 Å². The molecule has 3 heteroatoms. The number of hydrogen-bond acceptors (Lipinski definition) is 2. The molecule has 2 rings (SSSR count). The largest absolute Gasteiger partial charge is 0.245 e. The molecule has 0 saturated heterocycles. The molecule has 0 unspecified atom stereocenters. The van der Waals surface area contributed by atoms with Gasteiger partial charge >= 0.3 is 0 Å². The molecule has 0 saturated carbocycles. The molecule has 0 spiro atoms. The molecule has 1 aromatic heterocycles. The molecule has 0 fully saturated rings. The average Bonchev–Trinajstić information content (AvgIpc) is 2.70. The van der Waals surface area contributed by atoms with Gasteiger partial charge in [-0.2, -0.15) is 0 Å². The third-order valence-corrected chi connectivity index (χ3v) is 2.68. The Morgan fingerprint density at radius 2 is 1.72 bits per heavy atom. The number of hydrogen-bond donors (Lipinski definition) is 0. The average molecular weight is 247 g/mol. The second kappa shape index (κ2) is 5.98. The minimum absolute atomic E-state index is 0.171. The van der Waals surface area contributed by atoms with E-state index in [2.05, 4.69) is 70.1 Å². The van der Waals surface area contributed by atoms with E-state index >= 15 is 0 Å². The molecule has 0 radical (unpaired) electrons. The van der Waals surface area contributed by atoms with Crippen molar-refractivity contribution in [3.05, 3.63) is 23.8 Å². The zero-order chi connectivity index (χ0) is 13.8. The maximum absolute atomic E-state index is 4.18. The van der Waals surface area contributed by atoms with Gasteiger partial charge in [-0.15, -0.1) is 5.10 Å². The summed E-state index contributed by atoms with van der Waals surface area (Å²) in [4.78, 5) is 0. The van der Waals surface area contributed by atoms with Gasteiger partial charge in [0.1, 0.15) is 5.52 Å². The summed E-state index contributed by atoms with van der Waals surface area (Å²) < 4.78 is 1.92. The SMILES string of the molecule is CCC.CCn1nnc2cc(C(C)(C)C)ccc21. The van der Waals surface area contributed by atoms with Gasteiger partial charge in [0, 0.05) is 6.54 Å². The van der Waals surface area contributed by atoms with Gasteiger partial charge in [0.2, 0.25) is 0 Å². The third-order valence-electron chi connectivity index (χ3n) is 2.68. The highest BCUT2D eigenvalue weighted by molar-refractivity contribution is 5.75. The lowest BCUT2D eigenvalue weighted by atomic mass is 9.87. The normalized spacial score (nSPS) is 11.2. The van der Waals surface area contributed by atoms with Crippen LogP contribution in [0.15, 0.2) is 18.2 Å². The summed E-state index contributed by atoms with van der Waals surface area (Å²) in [7, 11) is 0. The fraction of sp³-hybridized carbons (Fsp3) is 0.600. The highest BCUT2D eigenvalue weighted by Gasteiger charge is 2.15. The second-order valence-corrected chi connectivity index (χ2v) is 5.57. The maximum Gasteiger partial charge on any atom is 0.113 e. The van der Waals surface area contributed by atoms with E-state index in [1.807, 2.05) is 4.68 Å². The molecule has 0 bridgehead atoms. The summed E-state index contributed by atoms with van der Waals surface area (Å²) in [5.41, 5.74) is 3.58. The van der Waals surface area contributed by atoms with Crippen LogP contribution in [0.2, 0.25) is 0 Å². The van der Waals surface area contributed by atoms with Gasteiger partial charge < -0.3 is 0 Å². The predicted molar refractivity (Wildman–Crippen MR) is 77.9 cm³/mol. The van der Waals surface area contributed by atoms with Gasteiger partial charge in [-0.1, -0.05) is 52.3 Å². The monoisotopic (exact) mass is 247 g/mol. The minimum Gasteiger partial charge on any atom is -0.245 e. The van der Waals surface area contributed by atoms with Gasteiger partial charge in [0.25, 0.3) is 0 Å². The van der Waals surface area contributed by atoms with Gasteiger partial charge in [0.05, 0.1) is 5.52 Å². The van der Waals surface area contributed by atoms with Crippen molar-refractivity contribution in [3.8, 4) is 0 Å². The number of aromatic nitrogens is 3. The number of nitrogens with zero attached hydrogens (tertiary/aromatic N) is 3. The first-order valence-corrected chi connectivity index (χ1v) is 6.77. The first kappa shape index (κ1) is 14.7. The number of rotatable bonds is 1. The Kier molecular flexibility index (Phi) is 4.88. The quantitative estimate of drug-likeness (QED) is 0.757. The molecule has 0 N–H and O–H groups in total. The minimum atomic E-state index is 0.171. The standard InChI is InChI=1S/C12H17N3.C3H8/c1-5-15-11-7-6-9(12(2,3)4)8-10(11)13-14-15;1-3-2/h6-8H,5H2,1-4H3;3H2,1-2H3. The molecular weight excluding hydrogens is 222 g/mol. The van der Waals surface area contributed by atoms with Crippen LogP contribution in [0.5, 0.6) is 0 Å². The molecule has 0 aliphatic carbocycles. The van der Waals surface area contributed by atoms with Crippen LogP contribution in [0.4, 0.5) is 0 Å². The van der Waals surface area contributed by atoms with Crippen LogP contribution in [0.25, 0.3) is 11.0 Å². The van der Waals surface area contributed by atoms with E-state index in [4.69, 9.17) is 0 Å². The molecule has 0 atom stereocenters. The predicted octanol–water partition coefficient (Wildman–Crippen LogP) is 4.17. The van der Waals surface area contributed by atoms with E-state index in [-0.39, 0.29) is 5.41 Å². The van der Waals surface area contributed by atoms with Gasteiger partial charge in [-0.25, -0.2) is 4.68 Å². The Morgan fingerprint density at radius 3 is 2.22 bits per heavy atom. The van der Waals surface area contributed by atoms with Crippen molar-refractivity contribution in [2.75, 3.05) is 0 Å². The Bertz CT molecular complexity index is 492. The summed E-state index contributed by atoms with van der Waals surface area (Å²) in [5.74, 6) is 0. The zero-order valence-electron chi connectivity index (χ0n) is 12.5. The van der Waals surface area contributed by atoms with Crippen molar-refractivity contribution >= 4 is 11.0 Å². The highest BCUT2D eigenvalue weighted by Crippen LogP contribution is 2.24. The summed E-state index contributed by atoms with van der Waals surface area (Å²) in [6.07, 6.45) is 1.25. The molecule has 2 aromatic rings. The van der Waals surface area contributed by atoms with Crippen LogP contribution in [-0.4, -0.2) is 15.0 Å². The Balaban J connectivity index is 0.000000492. The Labute approximate surface area is 110 Å². The van der Waals surface area contributed by atoms with Crippen LogP contribution in [0.3, 0.4) is 0 Å². The number of aryl methyl sites for hydroxylation is 1. The topological polar surface area (TPSA) is 30.7 Å². The smallest absolute Gasteiger partial charge is 0.113 e. The van der Waals surface area contributed by atoms with Gasteiger partial charge in [-0.05, 0) is 30.0 Å². The van der Waals surface area contributed by atoms with E-state index in [1.54, 1.807) is 0 Å². The Hall–Kier alpha value is -1.38. The van der Waals surface area contributed by atoms with Crippen LogP contribution >= 0.6 is 0 Å². The van der Waals surface area contributed by atoms with E-state index in [1.165, 1.54) is 12.0 Å². The molecule has 3 nitrogen and oxygen atoms in total. The molecule has 1 heterocycles. The van der Waals surface area contributed by atoms with Crippen molar-refractivity contribution in [3.63, 3.8) is 0 Å². The van der Waals surface area contributed by atoms with E-state index < -0.39 is 0 Å². The Morgan fingerprint density at radius 1 is 1.11 bits per heavy atom. The van der Waals surface area contributed by atoms with Crippen LogP contribution in [0.1, 0.15) is 53.5 Å². The molecule has 100 valence electrons. The summed E-state index contributed by atoms with van der Waals surface area (Å²) in [6.45, 7) is 13.8. The third kappa shape index (κ3) is 3.31. The van der Waals surface area contributed by atoms with Crippen molar-refractivity contribution in [2.45, 2.75) is 59.9 Å². The maximum atomic E-state index is 4.18. The summed E-state index contributed by atoms with van der Waals surface area (Å²) in [5, 5.41) is 8.28. The lowest BCUT2D eigenvalue weighted by Crippen LogP contribution is -2.10. The highest BCUT2D eigenvalue weighted by atomic mass is 15.4. The van der Waals surface area contributed by atoms with Crippen molar-refractivity contribution in [1.82, 2.24) is 15.0 Å². The molecule has 0 aliphatic rings. The van der Waals surface area contributed by atoms with E-state index in [0.29, 0.717) is 0 Å². The first-order valence-electron chi connectivity index (χ1n) is 6.77. The fourth-order valence-corrected chi connectivity index (χ4v) is 1.67. The van der Waals surface area contributed by atoms with Gasteiger partial charge in [-0.3, -0.25) is 0 Å². The van der Waals surface area contributed by atoms with Crippen LogP contribution < -0.4 is 0 Å². The number of benzene rings is 1. The van der Waals surface area contributed by atoms with Crippen molar-refractivity contribution in [2.24, 2.45) is 0 Å². The fourth-order valence-electron chi connectivity index (χ4n) is 1.67. The van der Waals surface area contributed by atoms with E-state index in [9.17, 15) is 0 Å². The zero-order valence-corrected chi connectivity index (χ0v) is 12.5. The first-order chi connectivity index (χ1) is 8.43. The number of fused-ring (bicyclic) bond motifs is 1.